The molecule has 2 aromatic rings. The molecule has 0 atom stereocenters. The van der Waals surface area contributed by atoms with Crippen LogP contribution < -0.4 is 10.9 Å². The molecule has 10 heteroatoms. The number of hydrogen-bond donors (Lipinski definition) is 3. The molecule has 148 valence electrons. The molecule has 0 radical (unpaired) electrons. The van der Waals surface area contributed by atoms with Crippen LogP contribution >= 0.6 is 0 Å². The molecule has 3 rings (SSSR count). The number of benzene rings is 2. The SMILES string of the molecule is O=C(NNC(=O)c1ccccc1O)c1cccc(S(=O)(=O)N2CCOCC2)c1. The summed E-state index contributed by atoms with van der Waals surface area (Å²) in [5.74, 6) is -1.63. The molecule has 3 N–H and O–H groups in total. The van der Waals surface area contributed by atoms with Crippen molar-refractivity contribution in [3.63, 3.8) is 0 Å². The average Bonchev–Trinajstić information content (AvgIpc) is 2.73. The van der Waals surface area contributed by atoms with Crippen LogP contribution in [0.25, 0.3) is 0 Å². The van der Waals surface area contributed by atoms with Gasteiger partial charge in [0.15, 0.2) is 0 Å². The number of aromatic hydroxyl groups is 1. The van der Waals surface area contributed by atoms with Gasteiger partial charge in [-0.05, 0) is 30.3 Å². The van der Waals surface area contributed by atoms with Crippen LogP contribution in [0.2, 0.25) is 0 Å². The van der Waals surface area contributed by atoms with Crippen molar-refractivity contribution in [1.82, 2.24) is 15.2 Å². The van der Waals surface area contributed by atoms with Gasteiger partial charge >= 0.3 is 0 Å². The first-order valence-electron chi connectivity index (χ1n) is 8.46. The molecule has 2 aromatic carbocycles. The van der Waals surface area contributed by atoms with Crippen molar-refractivity contribution in [2.24, 2.45) is 0 Å². The summed E-state index contributed by atoms with van der Waals surface area (Å²) in [6, 6.07) is 11.4. The lowest BCUT2D eigenvalue weighted by molar-refractivity contribution is 0.0730. The van der Waals surface area contributed by atoms with Crippen LogP contribution in [0, 0.1) is 0 Å². The molecule has 28 heavy (non-hydrogen) atoms. The van der Waals surface area contributed by atoms with Crippen LogP contribution in [0.3, 0.4) is 0 Å². The second kappa shape index (κ2) is 8.38. The van der Waals surface area contributed by atoms with E-state index in [1.165, 1.54) is 40.7 Å². The normalized spacial score (nSPS) is 15.0. The van der Waals surface area contributed by atoms with Crippen molar-refractivity contribution in [2.45, 2.75) is 4.90 Å². The number of nitrogens with zero attached hydrogens (tertiary/aromatic N) is 1. The first-order valence-corrected chi connectivity index (χ1v) is 9.90. The third kappa shape index (κ3) is 4.30. The maximum Gasteiger partial charge on any atom is 0.273 e. The summed E-state index contributed by atoms with van der Waals surface area (Å²) < 4.78 is 31.8. The van der Waals surface area contributed by atoms with Crippen molar-refractivity contribution in [3.05, 3.63) is 59.7 Å². The molecule has 1 saturated heterocycles. The number of para-hydroxylation sites is 1. The van der Waals surface area contributed by atoms with Gasteiger partial charge in [0, 0.05) is 18.7 Å². The number of nitrogens with one attached hydrogen (secondary N) is 2. The summed E-state index contributed by atoms with van der Waals surface area (Å²) in [4.78, 5) is 24.3. The van der Waals surface area contributed by atoms with E-state index in [1.54, 1.807) is 12.1 Å². The average molecular weight is 405 g/mol. The van der Waals surface area contributed by atoms with Crippen LogP contribution in [-0.4, -0.2) is 55.9 Å². The zero-order valence-corrected chi connectivity index (χ0v) is 15.6. The van der Waals surface area contributed by atoms with Crippen LogP contribution in [-0.2, 0) is 14.8 Å². The van der Waals surface area contributed by atoms with Crippen molar-refractivity contribution >= 4 is 21.8 Å². The van der Waals surface area contributed by atoms with Gasteiger partial charge in [0.2, 0.25) is 10.0 Å². The molecule has 2 amide bonds. The van der Waals surface area contributed by atoms with E-state index in [0.717, 1.165) is 0 Å². The predicted octanol–water partition coefficient (Wildman–Crippen LogP) is 0.488. The number of phenols is 1. The Morgan fingerprint density at radius 1 is 0.964 bits per heavy atom. The lowest BCUT2D eigenvalue weighted by atomic mass is 10.2. The van der Waals surface area contributed by atoms with Gasteiger partial charge in [-0.15, -0.1) is 0 Å². The number of carbonyl (C=O) groups is 2. The summed E-state index contributed by atoms with van der Waals surface area (Å²) in [5, 5.41) is 9.66. The van der Waals surface area contributed by atoms with E-state index < -0.39 is 21.8 Å². The van der Waals surface area contributed by atoms with Gasteiger partial charge in [0.25, 0.3) is 11.8 Å². The van der Waals surface area contributed by atoms with E-state index in [-0.39, 0.29) is 34.9 Å². The Balaban J connectivity index is 1.70. The van der Waals surface area contributed by atoms with Crippen LogP contribution in [0.5, 0.6) is 5.75 Å². The smallest absolute Gasteiger partial charge is 0.273 e. The molecule has 0 aliphatic carbocycles. The molecule has 1 aliphatic rings. The van der Waals surface area contributed by atoms with Crippen LogP contribution in [0.15, 0.2) is 53.4 Å². The third-order valence-electron chi connectivity index (χ3n) is 4.14. The predicted molar refractivity (Wildman–Crippen MR) is 99.1 cm³/mol. The molecule has 0 spiro atoms. The standard InChI is InChI=1S/C18H19N3O6S/c22-16-7-2-1-6-15(16)18(24)20-19-17(23)13-4-3-5-14(12-13)28(25,26)21-8-10-27-11-9-21/h1-7,12,22H,8-11H2,(H,19,23)(H,20,24). The van der Waals surface area contributed by atoms with Crippen molar-refractivity contribution in [3.8, 4) is 5.75 Å². The largest absolute Gasteiger partial charge is 0.507 e. The van der Waals surface area contributed by atoms with Gasteiger partial charge in [-0.2, -0.15) is 4.31 Å². The molecular weight excluding hydrogens is 386 g/mol. The zero-order chi connectivity index (χ0) is 20.1. The third-order valence-corrected chi connectivity index (χ3v) is 6.04. The minimum Gasteiger partial charge on any atom is -0.507 e. The van der Waals surface area contributed by atoms with E-state index in [0.29, 0.717) is 13.2 Å². The number of amides is 2. The lowest BCUT2D eigenvalue weighted by Gasteiger charge is -2.26. The molecule has 1 heterocycles. The summed E-state index contributed by atoms with van der Waals surface area (Å²) in [6.07, 6.45) is 0. The summed E-state index contributed by atoms with van der Waals surface area (Å²) >= 11 is 0. The van der Waals surface area contributed by atoms with E-state index >= 15 is 0 Å². The minimum atomic E-state index is -3.75. The minimum absolute atomic E-state index is 0.00792. The maximum absolute atomic E-state index is 12.7. The maximum atomic E-state index is 12.7. The van der Waals surface area contributed by atoms with Crippen molar-refractivity contribution < 1.29 is 27.9 Å². The Labute approximate surface area is 161 Å². The second-order valence-corrected chi connectivity index (χ2v) is 7.91. The molecule has 0 unspecified atom stereocenters. The molecular formula is C18H19N3O6S. The lowest BCUT2D eigenvalue weighted by Crippen LogP contribution is -2.42. The number of hydrogen-bond acceptors (Lipinski definition) is 6. The fourth-order valence-electron chi connectivity index (χ4n) is 2.65. The van der Waals surface area contributed by atoms with E-state index in [2.05, 4.69) is 10.9 Å². The number of sulfonamides is 1. The second-order valence-electron chi connectivity index (χ2n) is 5.97. The number of carbonyl (C=O) groups excluding carboxylic acids is 2. The Morgan fingerprint density at radius 2 is 1.64 bits per heavy atom. The van der Waals surface area contributed by atoms with Crippen molar-refractivity contribution in [2.75, 3.05) is 26.3 Å². The quantitative estimate of drug-likeness (QED) is 0.636. The van der Waals surface area contributed by atoms with Gasteiger partial charge in [-0.1, -0.05) is 18.2 Å². The van der Waals surface area contributed by atoms with Gasteiger partial charge in [0.1, 0.15) is 5.75 Å². The van der Waals surface area contributed by atoms with Gasteiger partial charge in [-0.3, -0.25) is 20.4 Å². The molecule has 0 bridgehead atoms. The van der Waals surface area contributed by atoms with E-state index in [1.807, 2.05) is 0 Å². The van der Waals surface area contributed by atoms with E-state index in [4.69, 9.17) is 4.74 Å². The molecule has 1 aliphatic heterocycles. The number of ether oxygens (including phenoxy) is 1. The highest BCUT2D eigenvalue weighted by Crippen LogP contribution is 2.18. The van der Waals surface area contributed by atoms with Gasteiger partial charge < -0.3 is 9.84 Å². The molecule has 0 aromatic heterocycles. The fourth-order valence-corrected chi connectivity index (χ4v) is 4.11. The molecule has 0 saturated carbocycles. The number of rotatable bonds is 4. The number of morpholine rings is 1. The summed E-state index contributed by atoms with van der Waals surface area (Å²) in [5.41, 5.74) is 4.44. The van der Waals surface area contributed by atoms with Crippen molar-refractivity contribution in [1.29, 1.82) is 0 Å². The highest BCUT2D eigenvalue weighted by Gasteiger charge is 2.27. The Morgan fingerprint density at radius 3 is 2.36 bits per heavy atom. The molecule has 1 fully saturated rings. The highest BCUT2D eigenvalue weighted by molar-refractivity contribution is 7.89. The van der Waals surface area contributed by atoms with Gasteiger partial charge in [0.05, 0.1) is 23.7 Å². The highest BCUT2D eigenvalue weighted by atomic mass is 32.2. The number of hydrazine groups is 1. The number of phenolic OH excluding ortho intramolecular Hbond substituents is 1. The summed E-state index contributed by atoms with van der Waals surface area (Å²) in [6.45, 7) is 1.13. The Hall–Kier alpha value is -2.95. The van der Waals surface area contributed by atoms with Crippen LogP contribution in [0.1, 0.15) is 20.7 Å². The first kappa shape index (κ1) is 19.8. The van der Waals surface area contributed by atoms with Gasteiger partial charge in [-0.25, -0.2) is 8.42 Å². The van der Waals surface area contributed by atoms with Crippen LogP contribution in [0.4, 0.5) is 0 Å². The van der Waals surface area contributed by atoms with E-state index in [9.17, 15) is 23.1 Å². The Kier molecular flexibility index (Phi) is 5.93. The molecule has 9 nitrogen and oxygen atoms in total. The summed E-state index contributed by atoms with van der Waals surface area (Å²) in [7, 11) is -3.75. The zero-order valence-electron chi connectivity index (χ0n) is 14.8. The topological polar surface area (TPSA) is 125 Å². The fraction of sp³-hybridized carbons (Fsp3) is 0.222. The first-order chi connectivity index (χ1) is 13.4. The Bertz CT molecular complexity index is 986. The monoisotopic (exact) mass is 405 g/mol.